The molecular weight excluding hydrogens is 428 g/mol. The lowest BCUT2D eigenvalue weighted by Gasteiger charge is -2.18. The number of hydrogen-bond donors (Lipinski definition) is 3. The predicted molar refractivity (Wildman–Crippen MR) is 135 cm³/mol. The van der Waals surface area contributed by atoms with Gasteiger partial charge in [-0.25, -0.2) is 0 Å². The molecule has 0 aromatic heterocycles. The molecule has 3 amide bonds. The molecule has 0 fully saturated rings. The molecule has 0 aliphatic carbocycles. The van der Waals surface area contributed by atoms with Gasteiger partial charge in [-0.15, -0.1) is 0 Å². The van der Waals surface area contributed by atoms with Gasteiger partial charge in [0, 0.05) is 42.6 Å². The van der Waals surface area contributed by atoms with E-state index in [4.69, 9.17) is 0 Å². The Morgan fingerprint density at radius 1 is 0.824 bits per heavy atom. The molecule has 0 saturated heterocycles. The molecule has 3 rings (SSSR count). The van der Waals surface area contributed by atoms with E-state index >= 15 is 0 Å². The number of rotatable bonds is 10. The first-order chi connectivity index (χ1) is 16.5. The molecule has 34 heavy (non-hydrogen) atoms. The highest BCUT2D eigenvalue weighted by molar-refractivity contribution is 5.97. The SMILES string of the molecule is CCCNC(=O)c1ccc(NC(=O)CNc2cccc(C(=O)N(C)Cc3ccccc3)c2)cc1. The Morgan fingerprint density at radius 2 is 1.56 bits per heavy atom. The van der Waals surface area contributed by atoms with Gasteiger partial charge in [-0.05, 0) is 54.4 Å². The van der Waals surface area contributed by atoms with Gasteiger partial charge >= 0.3 is 0 Å². The molecule has 0 radical (unpaired) electrons. The van der Waals surface area contributed by atoms with Gasteiger partial charge < -0.3 is 20.9 Å². The van der Waals surface area contributed by atoms with Crippen molar-refractivity contribution in [1.82, 2.24) is 10.2 Å². The van der Waals surface area contributed by atoms with Crippen LogP contribution in [0.2, 0.25) is 0 Å². The van der Waals surface area contributed by atoms with Crippen LogP contribution in [-0.4, -0.2) is 42.8 Å². The fourth-order valence-electron chi connectivity index (χ4n) is 3.34. The van der Waals surface area contributed by atoms with Crippen molar-refractivity contribution in [2.45, 2.75) is 19.9 Å². The maximum Gasteiger partial charge on any atom is 0.253 e. The maximum absolute atomic E-state index is 12.8. The average molecular weight is 459 g/mol. The van der Waals surface area contributed by atoms with E-state index in [9.17, 15) is 14.4 Å². The average Bonchev–Trinajstić information content (AvgIpc) is 2.86. The number of benzene rings is 3. The van der Waals surface area contributed by atoms with Crippen molar-refractivity contribution < 1.29 is 14.4 Å². The highest BCUT2D eigenvalue weighted by atomic mass is 16.2. The van der Waals surface area contributed by atoms with Gasteiger partial charge in [0.05, 0.1) is 6.54 Å². The molecule has 0 unspecified atom stereocenters. The summed E-state index contributed by atoms with van der Waals surface area (Å²) in [6, 6.07) is 23.6. The summed E-state index contributed by atoms with van der Waals surface area (Å²) in [5.41, 5.74) is 3.42. The van der Waals surface area contributed by atoms with E-state index in [1.807, 2.05) is 43.3 Å². The summed E-state index contributed by atoms with van der Waals surface area (Å²) in [6.07, 6.45) is 0.869. The molecule has 0 spiro atoms. The Morgan fingerprint density at radius 3 is 2.26 bits per heavy atom. The molecule has 0 heterocycles. The Balaban J connectivity index is 1.51. The van der Waals surface area contributed by atoms with E-state index in [-0.39, 0.29) is 24.3 Å². The third-order valence-corrected chi connectivity index (χ3v) is 5.14. The Labute approximate surface area is 200 Å². The number of nitrogens with zero attached hydrogens (tertiary/aromatic N) is 1. The van der Waals surface area contributed by atoms with Crippen LogP contribution < -0.4 is 16.0 Å². The molecular formula is C27H30N4O3. The largest absolute Gasteiger partial charge is 0.376 e. The Bertz CT molecular complexity index is 1110. The summed E-state index contributed by atoms with van der Waals surface area (Å²) in [6.45, 7) is 3.17. The first kappa shape index (κ1) is 24.5. The molecule has 176 valence electrons. The third kappa shape index (κ3) is 7.20. The van der Waals surface area contributed by atoms with Crippen molar-refractivity contribution in [3.63, 3.8) is 0 Å². The number of anilines is 2. The van der Waals surface area contributed by atoms with Crippen LogP contribution >= 0.6 is 0 Å². The number of nitrogens with one attached hydrogen (secondary N) is 3. The molecule has 0 atom stereocenters. The van der Waals surface area contributed by atoms with Crippen LogP contribution in [0.25, 0.3) is 0 Å². The quantitative estimate of drug-likeness (QED) is 0.426. The molecule has 7 heteroatoms. The maximum atomic E-state index is 12.8. The summed E-state index contributed by atoms with van der Waals surface area (Å²) in [7, 11) is 1.77. The van der Waals surface area contributed by atoms with E-state index in [0.717, 1.165) is 12.0 Å². The zero-order valence-electron chi connectivity index (χ0n) is 19.5. The van der Waals surface area contributed by atoms with Crippen molar-refractivity contribution >= 4 is 29.1 Å². The minimum atomic E-state index is -0.235. The molecule has 3 N–H and O–H groups in total. The molecule has 0 bridgehead atoms. The predicted octanol–water partition coefficient (Wildman–Crippen LogP) is 4.15. The lowest BCUT2D eigenvalue weighted by Crippen LogP contribution is -2.26. The van der Waals surface area contributed by atoms with Gasteiger partial charge in [-0.2, -0.15) is 0 Å². The van der Waals surface area contributed by atoms with Gasteiger partial charge in [0.15, 0.2) is 0 Å². The molecule has 7 nitrogen and oxygen atoms in total. The van der Waals surface area contributed by atoms with E-state index < -0.39 is 0 Å². The molecule has 0 aliphatic heterocycles. The van der Waals surface area contributed by atoms with Gasteiger partial charge in [0.2, 0.25) is 5.91 Å². The van der Waals surface area contributed by atoms with Crippen molar-refractivity contribution in [2.24, 2.45) is 0 Å². The van der Waals surface area contributed by atoms with Gasteiger partial charge in [-0.1, -0.05) is 43.3 Å². The van der Waals surface area contributed by atoms with Crippen molar-refractivity contribution in [3.8, 4) is 0 Å². The smallest absolute Gasteiger partial charge is 0.253 e. The van der Waals surface area contributed by atoms with Crippen LogP contribution in [0.1, 0.15) is 39.6 Å². The monoisotopic (exact) mass is 458 g/mol. The molecule has 0 aliphatic rings. The van der Waals surface area contributed by atoms with Crippen molar-refractivity contribution in [3.05, 3.63) is 95.6 Å². The Kier molecular flexibility index (Phi) is 8.80. The fourth-order valence-corrected chi connectivity index (χ4v) is 3.34. The number of carbonyl (C=O) groups is 3. The van der Waals surface area contributed by atoms with E-state index in [1.165, 1.54) is 0 Å². The molecule has 0 saturated carbocycles. The highest BCUT2D eigenvalue weighted by Gasteiger charge is 2.13. The minimum absolute atomic E-state index is 0.0379. The summed E-state index contributed by atoms with van der Waals surface area (Å²) in [5, 5.41) is 8.67. The van der Waals surface area contributed by atoms with Crippen LogP contribution in [0, 0.1) is 0 Å². The highest BCUT2D eigenvalue weighted by Crippen LogP contribution is 2.14. The van der Waals surface area contributed by atoms with Crippen molar-refractivity contribution in [2.75, 3.05) is 30.8 Å². The van der Waals surface area contributed by atoms with Crippen molar-refractivity contribution in [1.29, 1.82) is 0 Å². The summed E-state index contributed by atoms with van der Waals surface area (Å²) in [5.74, 6) is -0.466. The van der Waals surface area contributed by atoms with E-state index in [0.29, 0.717) is 35.6 Å². The molecule has 3 aromatic carbocycles. The van der Waals surface area contributed by atoms with Crippen LogP contribution in [0.3, 0.4) is 0 Å². The first-order valence-corrected chi connectivity index (χ1v) is 11.3. The fraction of sp³-hybridized carbons (Fsp3) is 0.222. The standard InChI is InChI=1S/C27H30N4O3/c1-3-16-28-26(33)21-12-14-23(15-13-21)30-25(32)18-29-24-11-7-10-22(17-24)27(34)31(2)19-20-8-5-4-6-9-20/h4-15,17,29H,3,16,18-19H2,1-2H3,(H,28,33)(H,30,32). The number of carbonyl (C=O) groups excluding carboxylic acids is 3. The van der Waals surface area contributed by atoms with E-state index in [2.05, 4.69) is 16.0 Å². The Hall–Kier alpha value is -4.13. The second kappa shape index (κ2) is 12.2. The van der Waals surface area contributed by atoms with Gasteiger partial charge in [-0.3, -0.25) is 14.4 Å². The second-order valence-electron chi connectivity index (χ2n) is 7.96. The first-order valence-electron chi connectivity index (χ1n) is 11.3. The summed E-state index contributed by atoms with van der Waals surface area (Å²) < 4.78 is 0. The van der Waals surface area contributed by atoms with Gasteiger partial charge in [0.1, 0.15) is 0 Å². The number of amides is 3. The van der Waals surface area contributed by atoms with Gasteiger partial charge in [0.25, 0.3) is 11.8 Å². The molecule has 3 aromatic rings. The zero-order chi connectivity index (χ0) is 24.3. The summed E-state index contributed by atoms with van der Waals surface area (Å²) >= 11 is 0. The lowest BCUT2D eigenvalue weighted by atomic mass is 10.1. The minimum Gasteiger partial charge on any atom is -0.376 e. The third-order valence-electron chi connectivity index (χ3n) is 5.14. The normalized spacial score (nSPS) is 10.3. The summed E-state index contributed by atoms with van der Waals surface area (Å²) in [4.78, 5) is 38.8. The second-order valence-corrected chi connectivity index (χ2v) is 7.96. The van der Waals surface area contributed by atoms with Crippen LogP contribution in [-0.2, 0) is 11.3 Å². The van der Waals surface area contributed by atoms with Crippen LogP contribution in [0.4, 0.5) is 11.4 Å². The number of hydrogen-bond acceptors (Lipinski definition) is 4. The lowest BCUT2D eigenvalue weighted by molar-refractivity contribution is -0.114. The zero-order valence-corrected chi connectivity index (χ0v) is 19.5. The van der Waals surface area contributed by atoms with E-state index in [1.54, 1.807) is 54.4 Å². The van der Waals surface area contributed by atoms with Crippen LogP contribution in [0.5, 0.6) is 0 Å². The van der Waals surface area contributed by atoms with Crippen LogP contribution in [0.15, 0.2) is 78.9 Å². The topological polar surface area (TPSA) is 90.5 Å².